The fraction of sp³-hybridized carbons (Fsp3) is 0.300. The van der Waals surface area contributed by atoms with Gasteiger partial charge in [0, 0.05) is 17.6 Å². The van der Waals surface area contributed by atoms with Gasteiger partial charge in [0.25, 0.3) is 0 Å². The number of H-pyrrole nitrogens is 1. The molecule has 6 heteroatoms. The Labute approximate surface area is 148 Å². The summed E-state index contributed by atoms with van der Waals surface area (Å²) in [6, 6.07) is 14.1. The number of aromatic amines is 1. The molecule has 3 rings (SSSR count). The molecule has 2 aromatic carbocycles. The fourth-order valence-corrected chi connectivity index (χ4v) is 3.25. The van der Waals surface area contributed by atoms with Gasteiger partial charge in [-0.05, 0) is 47.6 Å². The number of rotatable bonds is 5. The van der Waals surface area contributed by atoms with Crippen molar-refractivity contribution in [1.82, 2.24) is 4.98 Å². The van der Waals surface area contributed by atoms with E-state index in [4.69, 9.17) is 0 Å². The van der Waals surface area contributed by atoms with Crippen LogP contribution in [-0.4, -0.2) is 21.9 Å². The third-order valence-electron chi connectivity index (χ3n) is 4.68. The molecule has 138 valence electrons. The maximum absolute atomic E-state index is 13.7. The number of para-hydroxylation sites is 1. The summed E-state index contributed by atoms with van der Waals surface area (Å²) in [5.74, 6) is -1.04. The predicted molar refractivity (Wildman–Crippen MR) is 92.4 cm³/mol. The molecule has 0 saturated carbocycles. The summed E-state index contributed by atoms with van der Waals surface area (Å²) in [6.45, 7) is 1.59. The first-order chi connectivity index (χ1) is 12.2. The van der Waals surface area contributed by atoms with Crippen molar-refractivity contribution in [3.8, 4) is 0 Å². The summed E-state index contributed by atoms with van der Waals surface area (Å²) in [7, 11) is 0. The third-order valence-corrected chi connectivity index (χ3v) is 4.68. The number of fused-ring (bicyclic) bond motifs is 1. The number of nitrogens with one attached hydrogen (secondary N) is 1. The van der Waals surface area contributed by atoms with E-state index in [1.807, 2.05) is 0 Å². The summed E-state index contributed by atoms with van der Waals surface area (Å²) in [5.41, 5.74) is -1.30. The maximum atomic E-state index is 13.7. The Hall–Kier alpha value is -2.34. The maximum Gasteiger partial charge on any atom is 0.417 e. The van der Waals surface area contributed by atoms with Crippen LogP contribution in [0.1, 0.15) is 30.5 Å². The lowest BCUT2D eigenvalue weighted by molar-refractivity contribution is -0.263. The largest absolute Gasteiger partial charge is 0.417 e. The molecule has 0 aliphatic rings. The van der Waals surface area contributed by atoms with Crippen molar-refractivity contribution in [2.75, 3.05) is 0 Å². The van der Waals surface area contributed by atoms with Gasteiger partial charge in [-0.25, -0.2) is 4.39 Å². The molecule has 0 aliphatic heterocycles. The molecule has 1 heterocycles. The second-order valence-electron chi connectivity index (χ2n) is 6.74. The zero-order valence-corrected chi connectivity index (χ0v) is 14.1. The van der Waals surface area contributed by atoms with Gasteiger partial charge >= 0.3 is 6.18 Å². The van der Waals surface area contributed by atoms with Gasteiger partial charge in [0.05, 0.1) is 0 Å². The highest BCUT2D eigenvalue weighted by Crippen LogP contribution is 2.40. The van der Waals surface area contributed by atoms with Crippen molar-refractivity contribution in [3.63, 3.8) is 0 Å². The lowest BCUT2D eigenvalue weighted by Crippen LogP contribution is -2.48. The van der Waals surface area contributed by atoms with Crippen molar-refractivity contribution in [1.29, 1.82) is 0 Å². The average molecular weight is 365 g/mol. The van der Waals surface area contributed by atoms with Gasteiger partial charge in [0.1, 0.15) is 5.82 Å². The lowest BCUT2D eigenvalue weighted by Gasteiger charge is -2.32. The standard InChI is InChI=1S/C20H19F4NO/c1-13(14-6-8-16(21)9-7-14)11-19(26,20(22,23)24)12-17-10-15-4-2-3-5-18(15)25-17/h2-10,13,25-26H,11-12H2,1H3. The highest BCUT2D eigenvalue weighted by molar-refractivity contribution is 5.80. The minimum absolute atomic E-state index is 0.317. The van der Waals surface area contributed by atoms with Crippen LogP contribution in [0.5, 0.6) is 0 Å². The van der Waals surface area contributed by atoms with E-state index in [0.717, 1.165) is 10.9 Å². The molecule has 2 nitrogen and oxygen atoms in total. The van der Waals surface area contributed by atoms with Crippen molar-refractivity contribution < 1.29 is 22.7 Å². The highest BCUT2D eigenvalue weighted by Gasteiger charge is 2.54. The molecule has 1 aromatic heterocycles. The van der Waals surface area contributed by atoms with Crippen LogP contribution in [-0.2, 0) is 6.42 Å². The van der Waals surface area contributed by atoms with E-state index >= 15 is 0 Å². The Morgan fingerprint density at radius 1 is 1.04 bits per heavy atom. The average Bonchev–Trinajstić information content (AvgIpc) is 2.96. The molecule has 0 spiro atoms. The normalized spacial score (nSPS) is 15.8. The Morgan fingerprint density at radius 2 is 1.69 bits per heavy atom. The molecule has 0 saturated heterocycles. The highest BCUT2D eigenvalue weighted by atomic mass is 19.4. The van der Waals surface area contributed by atoms with E-state index in [0.29, 0.717) is 11.3 Å². The van der Waals surface area contributed by atoms with Crippen molar-refractivity contribution >= 4 is 10.9 Å². The summed E-state index contributed by atoms with van der Waals surface area (Å²) in [6.07, 6.45) is -5.88. The van der Waals surface area contributed by atoms with Crippen LogP contribution >= 0.6 is 0 Å². The van der Waals surface area contributed by atoms with Gasteiger partial charge in [0.15, 0.2) is 5.60 Å². The third kappa shape index (κ3) is 3.75. The van der Waals surface area contributed by atoms with E-state index in [1.165, 1.54) is 24.3 Å². The predicted octanol–water partition coefficient (Wildman–Crippen LogP) is 5.34. The molecular formula is C20H19F4NO. The first kappa shape index (κ1) is 18.5. The fourth-order valence-electron chi connectivity index (χ4n) is 3.25. The molecule has 0 bridgehead atoms. The van der Waals surface area contributed by atoms with E-state index in [9.17, 15) is 22.7 Å². The molecule has 0 aliphatic carbocycles. The molecule has 26 heavy (non-hydrogen) atoms. The number of alkyl halides is 3. The van der Waals surface area contributed by atoms with Gasteiger partial charge in [0.2, 0.25) is 0 Å². The minimum atomic E-state index is -4.79. The summed E-state index contributed by atoms with van der Waals surface area (Å²) < 4.78 is 54.0. The molecule has 0 amide bonds. The van der Waals surface area contributed by atoms with Gasteiger partial charge in [-0.1, -0.05) is 37.3 Å². The van der Waals surface area contributed by atoms with Crippen molar-refractivity contribution in [3.05, 3.63) is 71.7 Å². The van der Waals surface area contributed by atoms with E-state index in [1.54, 1.807) is 37.3 Å². The summed E-state index contributed by atoms with van der Waals surface area (Å²) in [4.78, 5) is 2.93. The van der Waals surface area contributed by atoms with Crippen molar-refractivity contribution in [2.45, 2.75) is 37.5 Å². The SMILES string of the molecule is CC(CC(O)(Cc1cc2ccccc2[nH]1)C(F)(F)F)c1ccc(F)cc1. The number of hydrogen-bond acceptors (Lipinski definition) is 1. The number of halogens is 4. The van der Waals surface area contributed by atoms with Crippen LogP contribution in [0, 0.1) is 5.82 Å². The molecule has 2 N–H and O–H groups in total. The van der Waals surface area contributed by atoms with Crippen LogP contribution in [0.15, 0.2) is 54.6 Å². The summed E-state index contributed by atoms with van der Waals surface area (Å²) in [5, 5.41) is 11.3. The van der Waals surface area contributed by atoms with Gasteiger partial charge in [-0.15, -0.1) is 0 Å². The Morgan fingerprint density at radius 3 is 2.31 bits per heavy atom. The number of aliphatic hydroxyl groups is 1. The Bertz CT molecular complexity index is 852. The van der Waals surface area contributed by atoms with Crippen LogP contribution in [0.3, 0.4) is 0 Å². The Kier molecular flexibility index (Phi) is 4.80. The summed E-state index contributed by atoms with van der Waals surface area (Å²) >= 11 is 0. The van der Waals surface area contributed by atoms with E-state index < -0.39 is 36.4 Å². The quantitative estimate of drug-likeness (QED) is 0.589. The van der Waals surface area contributed by atoms with Crippen LogP contribution in [0.4, 0.5) is 17.6 Å². The van der Waals surface area contributed by atoms with Gasteiger partial charge in [-0.3, -0.25) is 0 Å². The lowest BCUT2D eigenvalue weighted by atomic mass is 9.83. The first-order valence-electron chi connectivity index (χ1n) is 8.29. The molecule has 2 unspecified atom stereocenters. The molecule has 0 fully saturated rings. The van der Waals surface area contributed by atoms with Crippen LogP contribution < -0.4 is 0 Å². The van der Waals surface area contributed by atoms with Gasteiger partial charge in [-0.2, -0.15) is 13.2 Å². The molecular weight excluding hydrogens is 346 g/mol. The topological polar surface area (TPSA) is 36.0 Å². The smallest absolute Gasteiger partial charge is 0.380 e. The molecule has 2 atom stereocenters. The number of aromatic nitrogens is 1. The van der Waals surface area contributed by atoms with Gasteiger partial charge < -0.3 is 10.1 Å². The molecule has 0 radical (unpaired) electrons. The monoisotopic (exact) mass is 365 g/mol. The zero-order valence-electron chi connectivity index (χ0n) is 14.1. The Balaban J connectivity index is 1.87. The van der Waals surface area contributed by atoms with E-state index in [-0.39, 0.29) is 0 Å². The van der Waals surface area contributed by atoms with Crippen LogP contribution in [0.25, 0.3) is 10.9 Å². The number of benzene rings is 2. The second-order valence-corrected chi connectivity index (χ2v) is 6.74. The number of hydrogen-bond donors (Lipinski definition) is 2. The second kappa shape index (κ2) is 6.76. The van der Waals surface area contributed by atoms with E-state index in [2.05, 4.69) is 4.98 Å². The minimum Gasteiger partial charge on any atom is -0.380 e. The van der Waals surface area contributed by atoms with Crippen molar-refractivity contribution in [2.24, 2.45) is 0 Å². The van der Waals surface area contributed by atoms with Crippen LogP contribution in [0.2, 0.25) is 0 Å². The molecule has 3 aromatic rings. The zero-order chi connectivity index (χ0) is 18.9. The first-order valence-corrected chi connectivity index (χ1v) is 8.29.